The molecule has 0 radical (unpaired) electrons. The smallest absolute Gasteiger partial charge is 0.330 e. The third kappa shape index (κ3) is 9.67. The summed E-state index contributed by atoms with van der Waals surface area (Å²) in [5.41, 5.74) is -0.463. The maximum Gasteiger partial charge on any atom is 0.330 e. The first-order valence-electron chi connectivity index (χ1n) is 6.61. The van der Waals surface area contributed by atoms with Crippen molar-refractivity contribution in [3.63, 3.8) is 0 Å². The predicted octanol–water partition coefficient (Wildman–Crippen LogP) is 0.205. The highest BCUT2D eigenvalue weighted by atomic mass is 16.5. The van der Waals surface area contributed by atoms with Crippen LogP contribution >= 0.6 is 0 Å². The molecule has 0 aromatic heterocycles. The van der Waals surface area contributed by atoms with Gasteiger partial charge in [0.1, 0.15) is 6.54 Å². The summed E-state index contributed by atoms with van der Waals surface area (Å²) in [5, 5.41) is 4.67. The Morgan fingerprint density at radius 3 is 2.29 bits per heavy atom. The second-order valence-electron chi connectivity index (χ2n) is 5.13. The lowest BCUT2D eigenvalue weighted by Crippen LogP contribution is -2.50. The summed E-state index contributed by atoms with van der Waals surface area (Å²) in [6, 6.07) is -1.65. The molecule has 0 aromatic carbocycles. The molecule has 0 fully saturated rings. The summed E-state index contributed by atoms with van der Waals surface area (Å²) in [6.45, 7) is 7.03. The van der Waals surface area contributed by atoms with Gasteiger partial charge in [-0.1, -0.05) is 0 Å². The Morgan fingerprint density at radius 1 is 1.19 bits per heavy atom. The largest absolute Gasteiger partial charge is 0.467 e. The van der Waals surface area contributed by atoms with E-state index in [0.717, 1.165) is 0 Å². The van der Waals surface area contributed by atoms with Gasteiger partial charge in [0.15, 0.2) is 6.04 Å². The van der Waals surface area contributed by atoms with Gasteiger partial charge >= 0.3 is 18.0 Å². The quantitative estimate of drug-likeness (QED) is 0.652. The third-order valence-electron chi connectivity index (χ3n) is 2.17. The normalized spacial score (nSPS) is 12.2. The number of esters is 2. The van der Waals surface area contributed by atoms with Crippen LogP contribution in [0.2, 0.25) is 0 Å². The molecule has 21 heavy (non-hydrogen) atoms. The fraction of sp³-hybridized carbons (Fsp3) is 0.769. The molecule has 0 heterocycles. The Bertz CT molecular complexity index is 364. The average Bonchev–Trinajstić information content (AvgIpc) is 2.39. The van der Waals surface area contributed by atoms with Crippen LogP contribution in [0, 0.1) is 0 Å². The fourth-order valence-corrected chi connectivity index (χ4v) is 1.22. The minimum absolute atomic E-state index is 0.0387. The summed E-state index contributed by atoms with van der Waals surface area (Å²) in [7, 11) is 1.21. The van der Waals surface area contributed by atoms with E-state index in [4.69, 9.17) is 4.74 Å². The molecule has 8 heteroatoms. The first-order chi connectivity index (χ1) is 9.69. The zero-order valence-corrected chi connectivity index (χ0v) is 13.1. The molecule has 1 atom stereocenters. The van der Waals surface area contributed by atoms with E-state index in [1.165, 1.54) is 7.11 Å². The molecule has 0 saturated carbocycles. The standard InChI is InChI=1S/C13H24N2O6/c1-6-20-10(16)7-14-12(18)15-9(11(17)19-5)8-21-13(2,3)4/h9H,6-8H2,1-5H3,(H2,14,15,18). The molecule has 0 rings (SSSR count). The minimum atomic E-state index is -0.962. The van der Waals surface area contributed by atoms with Crippen LogP contribution in [0.4, 0.5) is 4.79 Å². The lowest BCUT2D eigenvalue weighted by molar-refractivity contribution is -0.146. The molecule has 0 aliphatic carbocycles. The number of urea groups is 1. The maximum absolute atomic E-state index is 11.6. The summed E-state index contributed by atoms with van der Waals surface area (Å²) in [6.07, 6.45) is 0. The van der Waals surface area contributed by atoms with Gasteiger partial charge in [-0.3, -0.25) is 4.79 Å². The van der Waals surface area contributed by atoms with Gasteiger partial charge in [0.2, 0.25) is 0 Å². The van der Waals surface area contributed by atoms with Crippen molar-refractivity contribution in [2.75, 3.05) is 26.9 Å². The summed E-state index contributed by atoms with van der Waals surface area (Å²) < 4.78 is 14.7. The van der Waals surface area contributed by atoms with E-state index in [1.54, 1.807) is 6.92 Å². The summed E-state index contributed by atoms with van der Waals surface area (Å²) in [5.74, 6) is -1.20. The number of ether oxygens (including phenoxy) is 3. The van der Waals surface area contributed by atoms with Gasteiger partial charge in [0.05, 0.1) is 25.9 Å². The molecule has 0 aliphatic rings. The van der Waals surface area contributed by atoms with E-state index in [1.807, 2.05) is 20.8 Å². The first kappa shape index (κ1) is 19.2. The van der Waals surface area contributed by atoms with Crippen LogP contribution in [0.15, 0.2) is 0 Å². The highest BCUT2D eigenvalue weighted by Crippen LogP contribution is 2.07. The average molecular weight is 304 g/mol. The lowest BCUT2D eigenvalue weighted by Gasteiger charge is -2.23. The van der Waals surface area contributed by atoms with Crippen molar-refractivity contribution in [2.24, 2.45) is 0 Å². The SMILES string of the molecule is CCOC(=O)CNC(=O)NC(COC(C)(C)C)C(=O)OC. The molecular weight excluding hydrogens is 280 g/mol. The molecule has 0 aliphatic heterocycles. The van der Waals surface area contributed by atoms with Gasteiger partial charge in [-0.25, -0.2) is 9.59 Å². The van der Waals surface area contributed by atoms with Crippen LogP contribution < -0.4 is 10.6 Å². The first-order valence-corrected chi connectivity index (χ1v) is 6.61. The van der Waals surface area contributed by atoms with Gasteiger partial charge in [0.25, 0.3) is 0 Å². The number of methoxy groups -OCH3 is 1. The second kappa shape index (κ2) is 9.17. The number of amides is 2. The molecule has 0 bridgehead atoms. The summed E-state index contributed by atoms with van der Waals surface area (Å²) in [4.78, 5) is 34.3. The highest BCUT2D eigenvalue weighted by molar-refractivity contribution is 5.85. The van der Waals surface area contributed by atoms with Gasteiger partial charge < -0.3 is 24.8 Å². The van der Waals surface area contributed by atoms with Crippen molar-refractivity contribution in [1.29, 1.82) is 0 Å². The topological polar surface area (TPSA) is 103 Å². The van der Waals surface area contributed by atoms with E-state index in [0.29, 0.717) is 0 Å². The molecule has 0 spiro atoms. The van der Waals surface area contributed by atoms with E-state index in [2.05, 4.69) is 20.1 Å². The van der Waals surface area contributed by atoms with E-state index in [9.17, 15) is 14.4 Å². The Kier molecular flexibility index (Phi) is 8.37. The van der Waals surface area contributed by atoms with Crippen LogP contribution in [-0.2, 0) is 23.8 Å². The van der Waals surface area contributed by atoms with Crippen LogP contribution in [-0.4, -0.2) is 56.5 Å². The zero-order valence-electron chi connectivity index (χ0n) is 13.1. The van der Waals surface area contributed by atoms with Crippen LogP contribution in [0.3, 0.4) is 0 Å². The number of nitrogens with one attached hydrogen (secondary N) is 2. The molecule has 1 unspecified atom stereocenters. The molecule has 0 aromatic rings. The van der Waals surface area contributed by atoms with Crippen molar-refractivity contribution in [3.8, 4) is 0 Å². The zero-order chi connectivity index (χ0) is 16.5. The van der Waals surface area contributed by atoms with E-state index >= 15 is 0 Å². The highest BCUT2D eigenvalue weighted by Gasteiger charge is 2.24. The van der Waals surface area contributed by atoms with Crippen molar-refractivity contribution >= 4 is 18.0 Å². The fourth-order valence-electron chi connectivity index (χ4n) is 1.22. The van der Waals surface area contributed by atoms with Gasteiger partial charge in [-0.2, -0.15) is 0 Å². The van der Waals surface area contributed by atoms with Gasteiger partial charge in [0, 0.05) is 0 Å². The Hall–Kier alpha value is -1.83. The van der Waals surface area contributed by atoms with E-state index < -0.39 is 29.6 Å². The van der Waals surface area contributed by atoms with Crippen LogP contribution in [0.25, 0.3) is 0 Å². The molecule has 8 nitrogen and oxygen atoms in total. The lowest BCUT2D eigenvalue weighted by atomic mass is 10.2. The Balaban J connectivity index is 4.36. The Morgan fingerprint density at radius 2 is 1.81 bits per heavy atom. The van der Waals surface area contributed by atoms with E-state index in [-0.39, 0.29) is 19.8 Å². The number of hydrogen-bond donors (Lipinski definition) is 2. The van der Waals surface area contributed by atoms with Crippen molar-refractivity contribution in [3.05, 3.63) is 0 Å². The van der Waals surface area contributed by atoms with Gasteiger partial charge in [-0.05, 0) is 27.7 Å². The molecular formula is C13H24N2O6. The molecule has 0 saturated heterocycles. The van der Waals surface area contributed by atoms with Crippen molar-refractivity contribution in [2.45, 2.75) is 39.3 Å². The minimum Gasteiger partial charge on any atom is -0.467 e. The third-order valence-corrected chi connectivity index (χ3v) is 2.17. The second-order valence-corrected chi connectivity index (χ2v) is 5.13. The number of rotatable bonds is 7. The predicted molar refractivity (Wildman–Crippen MR) is 74.7 cm³/mol. The van der Waals surface area contributed by atoms with Crippen LogP contribution in [0.5, 0.6) is 0 Å². The number of carbonyl (C=O) groups excluding carboxylic acids is 3. The Labute approximate surface area is 124 Å². The number of hydrogen-bond acceptors (Lipinski definition) is 6. The van der Waals surface area contributed by atoms with Gasteiger partial charge in [-0.15, -0.1) is 0 Å². The molecule has 2 amide bonds. The number of carbonyl (C=O) groups is 3. The van der Waals surface area contributed by atoms with Crippen molar-refractivity contribution in [1.82, 2.24) is 10.6 Å². The monoisotopic (exact) mass is 304 g/mol. The maximum atomic E-state index is 11.6. The molecule has 2 N–H and O–H groups in total. The van der Waals surface area contributed by atoms with Crippen molar-refractivity contribution < 1.29 is 28.6 Å². The van der Waals surface area contributed by atoms with Crippen LogP contribution in [0.1, 0.15) is 27.7 Å². The summed E-state index contributed by atoms with van der Waals surface area (Å²) >= 11 is 0. The molecule has 122 valence electrons.